The van der Waals surface area contributed by atoms with Crippen molar-refractivity contribution in [2.45, 2.75) is 19.0 Å². The normalized spacial score (nSPS) is 15.2. The van der Waals surface area contributed by atoms with Crippen LogP contribution in [0.4, 0.5) is 10.5 Å². The smallest absolute Gasteiger partial charge is 0.317 e. The largest absolute Gasteiger partial charge is 0.333 e. The molecule has 1 unspecified atom stereocenters. The van der Waals surface area contributed by atoms with Crippen molar-refractivity contribution in [3.63, 3.8) is 0 Å². The highest BCUT2D eigenvalue weighted by atomic mass is 16.2. The van der Waals surface area contributed by atoms with Gasteiger partial charge in [-0.2, -0.15) is 0 Å². The van der Waals surface area contributed by atoms with Gasteiger partial charge < -0.3 is 16.0 Å². The highest BCUT2D eigenvalue weighted by Gasteiger charge is 2.26. The Bertz CT molecular complexity index is 1080. The first kappa shape index (κ1) is 20.3. The molecule has 3 amide bonds. The molecule has 4 rings (SSSR count). The van der Waals surface area contributed by atoms with Crippen LogP contribution in [0.15, 0.2) is 89.9 Å². The second-order valence-corrected chi connectivity index (χ2v) is 7.13. The van der Waals surface area contributed by atoms with E-state index in [0.717, 1.165) is 17.5 Å². The zero-order valence-corrected chi connectivity index (χ0v) is 16.9. The van der Waals surface area contributed by atoms with E-state index in [4.69, 9.17) is 0 Å². The molecule has 31 heavy (non-hydrogen) atoms. The van der Waals surface area contributed by atoms with Crippen LogP contribution in [0.5, 0.6) is 0 Å². The van der Waals surface area contributed by atoms with E-state index in [0.29, 0.717) is 17.8 Å². The standard InChI is InChI=1S/C25H23N4O2/c30-24-23(29-25(31)26-17-9-12-18-10-3-1-4-11-18)28-22(19-13-5-2-6-14-19)20-15-7-8-16-21(20)27-24/h1-8,10-11,13-17,23H,9,12H2,(H,27,30)(H2,26,29,31). The molecule has 0 fully saturated rings. The number of aliphatic imine (C=N–C) groups is 1. The average Bonchev–Trinajstić information content (AvgIpc) is 2.94. The summed E-state index contributed by atoms with van der Waals surface area (Å²) in [6.45, 7) is 1.69. The van der Waals surface area contributed by atoms with Crippen molar-refractivity contribution in [3.05, 3.63) is 108 Å². The van der Waals surface area contributed by atoms with E-state index in [1.54, 1.807) is 6.54 Å². The SMILES string of the molecule is O=C(N[CH]CCc1ccccc1)NC1N=C(c2ccccc2)c2ccccc2NC1=O. The number of para-hydroxylation sites is 1. The van der Waals surface area contributed by atoms with Gasteiger partial charge in [0.2, 0.25) is 6.17 Å². The molecule has 1 aliphatic heterocycles. The van der Waals surface area contributed by atoms with E-state index < -0.39 is 18.1 Å². The van der Waals surface area contributed by atoms with Gasteiger partial charge in [0.1, 0.15) is 0 Å². The van der Waals surface area contributed by atoms with E-state index in [-0.39, 0.29) is 0 Å². The number of nitrogens with one attached hydrogen (secondary N) is 3. The summed E-state index contributed by atoms with van der Waals surface area (Å²) >= 11 is 0. The van der Waals surface area contributed by atoms with Gasteiger partial charge in [0.15, 0.2) is 0 Å². The molecule has 6 heteroatoms. The minimum atomic E-state index is -1.05. The number of carbonyl (C=O) groups is 2. The van der Waals surface area contributed by atoms with Gasteiger partial charge in [-0.25, -0.2) is 9.79 Å². The molecule has 1 radical (unpaired) electrons. The molecule has 3 N–H and O–H groups in total. The summed E-state index contributed by atoms with van der Waals surface area (Å²) < 4.78 is 0. The number of rotatable bonds is 6. The van der Waals surface area contributed by atoms with Gasteiger partial charge in [0.05, 0.1) is 17.9 Å². The summed E-state index contributed by atoms with van der Waals surface area (Å²) in [5, 5.41) is 8.21. The molecule has 1 atom stereocenters. The summed E-state index contributed by atoms with van der Waals surface area (Å²) in [4.78, 5) is 29.7. The van der Waals surface area contributed by atoms with Crippen LogP contribution in [-0.2, 0) is 11.2 Å². The van der Waals surface area contributed by atoms with Crippen LogP contribution < -0.4 is 16.0 Å². The topological polar surface area (TPSA) is 82.6 Å². The number of urea groups is 1. The first-order valence-electron chi connectivity index (χ1n) is 10.2. The highest BCUT2D eigenvalue weighted by Crippen LogP contribution is 2.23. The third kappa shape index (κ3) is 5.17. The quantitative estimate of drug-likeness (QED) is 0.538. The minimum Gasteiger partial charge on any atom is -0.333 e. The molecule has 3 aromatic carbocycles. The lowest BCUT2D eigenvalue weighted by Crippen LogP contribution is -2.46. The molecule has 0 aromatic heterocycles. The zero-order valence-electron chi connectivity index (χ0n) is 16.9. The van der Waals surface area contributed by atoms with Crippen LogP contribution in [0, 0.1) is 6.54 Å². The molecular formula is C25H23N4O2. The molecule has 0 saturated heterocycles. The molecule has 0 saturated carbocycles. The number of aryl methyl sites for hydroxylation is 1. The summed E-state index contributed by atoms with van der Waals surface area (Å²) in [6.07, 6.45) is 0.444. The first-order chi connectivity index (χ1) is 15.2. The molecule has 0 aliphatic carbocycles. The number of hydrogen-bond acceptors (Lipinski definition) is 3. The Labute approximate surface area is 181 Å². The summed E-state index contributed by atoms with van der Waals surface area (Å²) in [5.74, 6) is -0.391. The van der Waals surface area contributed by atoms with Crippen molar-refractivity contribution >= 4 is 23.3 Å². The van der Waals surface area contributed by atoms with Gasteiger partial charge in [-0.15, -0.1) is 0 Å². The number of nitrogens with zero attached hydrogens (tertiary/aromatic N) is 1. The molecule has 155 valence electrons. The Morgan fingerprint density at radius 1 is 0.935 bits per heavy atom. The maximum Gasteiger partial charge on any atom is 0.317 e. The maximum absolute atomic E-state index is 12.7. The van der Waals surface area contributed by atoms with E-state index in [1.807, 2.05) is 84.9 Å². The molecule has 6 nitrogen and oxygen atoms in total. The second kappa shape index (κ2) is 9.71. The van der Waals surface area contributed by atoms with Crippen molar-refractivity contribution in [1.82, 2.24) is 10.6 Å². The number of hydrogen-bond donors (Lipinski definition) is 3. The van der Waals surface area contributed by atoms with Crippen LogP contribution in [0.25, 0.3) is 0 Å². The zero-order chi connectivity index (χ0) is 21.5. The van der Waals surface area contributed by atoms with Crippen molar-refractivity contribution in [3.8, 4) is 0 Å². The van der Waals surface area contributed by atoms with Gasteiger partial charge in [0, 0.05) is 11.1 Å². The van der Waals surface area contributed by atoms with Gasteiger partial charge >= 0.3 is 6.03 Å². The van der Waals surface area contributed by atoms with Gasteiger partial charge in [0.25, 0.3) is 5.91 Å². The van der Waals surface area contributed by atoms with E-state index in [9.17, 15) is 9.59 Å². The van der Waals surface area contributed by atoms with Crippen molar-refractivity contribution < 1.29 is 9.59 Å². The van der Waals surface area contributed by atoms with Gasteiger partial charge in [-0.3, -0.25) is 4.79 Å². The lowest BCUT2D eigenvalue weighted by Gasteiger charge is -2.14. The second-order valence-electron chi connectivity index (χ2n) is 7.13. The molecular weight excluding hydrogens is 388 g/mol. The highest BCUT2D eigenvalue weighted by molar-refractivity contribution is 6.19. The molecule has 1 heterocycles. The first-order valence-corrected chi connectivity index (χ1v) is 10.2. The average molecular weight is 411 g/mol. The summed E-state index contributed by atoms with van der Waals surface area (Å²) in [7, 11) is 0. The van der Waals surface area contributed by atoms with Crippen molar-refractivity contribution in [2.24, 2.45) is 4.99 Å². The van der Waals surface area contributed by atoms with E-state index in [2.05, 4.69) is 20.9 Å². The fraction of sp³-hybridized carbons (Fsp3) is 0.120. The summed E-state index contributed by atoms with van der Waals surface area (Å²) in [6, 6.07) is 26.6. The van der Waals surface area contributed by atoms with Gasteiger partial charge in [-0.1, -0.05) is 78.9 Å². The van der Waals surface area contributed by atoms with E-state index in [1.165, 1.54) is 5.56 Å². The third-order valence-electron chi connectivity index (χ3n) is 4.91. The Balaban J connectivity index is 1.45. The van der Waals surface area contributed by atoms with Crippen LogP contribution in [0.1, 0.15) is 23.1 Å². The van der Waals surface area contributed by atoms with Crippen LogP contribution >= 0.6 is 0 Å². The Morgan fingerprint density at radius 3 is 2.39 bits per heavy atom. The molecule has 0 bridgehead atoms. The van der Waals surface area contributed by atoms with Crippen LogP contribution in [-0.4, -0.2) is 23.8 Å². The number of carbonyl (C=O) groups excluding carboxylic acids is 2. The van der Waals surface area contributed by atoms with Gasteiger partial charge in [-0.05, 0) is 24.5 Å². The lowest BCUT2D eigenvalue weighted by atomic mass is 10.0. The monoisotopic (exact) mass is 411 g/mol. The number of anilines is 1. The van der Waals surface area contributed by atoms with Crippen molar-refractivity contribution in [1.29, 1.82) is 0 Å². The Morgan fingerprint density at radius 2 is 1.61 bits per heavy atom. The number of fused-ring (bicyclic) bond motifs is 1. The Hall–Kier alpha value is -3.93. The van der Waals surface area contributed by atoms with Crippen molar-refractivity contribution in [2.75, 3.05) is 5.32 Å². The maximum atomic E-state index is 12.7. The minimum absolute atomic E-state index is 0.391. The predicted octanol–water partition coefficient (Wildman–Crippen LogP) is 3.90. The van der Waals surface area contributed by atoms with E-state index >= 15 is 0 Å². The summed E-state index contributed by atoms with van der Waals surface area (Å²) in [5.41, 5.74) is 4.18. The molecule has 0 spiro atoms. The predicted molar refractivity (Wildman–Crippen MR) is 122 cm³/mol. The third-order valence-corrected chi connectivity index (χ3v) is 4.91. The Kier molecular flexibility index (Phi) is 6.38. The fourth-order valence-corrected chi connectivity index (χ4v) is 3.40. The number of benzodiazepines with no additional fused rings is 1. The number of benzene rings is 3. The van der Waals surface area contributed by atoms with Crippen LogP contribution in [0.3, 0.4) is 0 Å². The molecule has 3 aromatic rings. The number of amides is 3. The van der Waals surface area contributed by atoms with Crippen LogP contribution in [0.2, 0.25) is 0 Å². The fourth-order valence-electron chi connectivity index (χ4n) is 3.40. The molecule has 1 aliphatic rings. The lowest BCUT2D eigenvalue weighted by molar-refractivity contribution is -0.117.